The third kappa shape index (κ3) is 3.26. The summed E-state index contributed by atoms with van der Waals surface area (Å²) < 4.78 is 39.2. The minimum absolute atomic E-state index is 0.0955. The SMILES string of the molecule is O=C(NC(CCO)C1CC1)c1cc(F)c(F)cc1F. The van der Waals surface area contributed by atoms with Crippen LogP contribution in [0.15, 0.2) is 12.1 Å². The molecule has 3 nitrogen and oxygen atoms in total. The summed E-state index contributed by atoms with van der Waals surface area (Å²) in [7, 11) is 0. The number of amides is 1. The van der Waals surface area contributed by atoms with E-state index in [4.69, 9.17) is 5.11 Å². The lowest BCUT2D eigenvalue weighted by molar-refractivity contribution is 0.0919. The number of carbonyl (C=O) groups is 1. The number of hydrogen-bond acceptors (Lipinski definition) is 2. The second-order valence-electron chi connectivity index (χ2n) is 4.68. The molecule has 0 radical (unpaired) electrons. The van der Waals surface area contributed by atoms with E-state index in [-0.39, 0.29) is 18.6 Å². The minimum atomic E-state index is -1.33. The third-order valence-electron chi connectivity index (χ3n) is 3.20. The Morgan fingerprint density at radius 1 is 1.26 bits per heavy atom. The van der Waals surface area contributed by atoms with Crippen molar-refractivity contribution in [2.24, 2.45) is 5.92 Å². The van der Waals surface area contributed by atoms with E-state index in [1.807, 2.05) is 0 Å². The molecule has 2 N–H and O–H groups in total. The lowest BCUT2D eigenvalue weighted by Crippen LogP contribution is -2.37. The van der Waals surface area contributed by atoms with Gasteiger partial charge in [-0.15, -0.1) is 0 Å². The van der Waals surface area contributed by atoms with E-state index in [1.54, 1.807) is 0 Å². The van der Waals surface area contributed by atoms with E-state index < -0.39 is 28.9 Å². The zero-order valence-electron chi connectivity index (χ0n) is 10.1. The molecule has 1 fully saturated rings. The van der Waals surface area contributed by atoms with Crippen LogP contribution in [0.4, 0.5) is 13.2 Å². The Morgan fingerprint density at radius 2 is 1.89 bits per heavy atom. The fourth-order valence-corrected chi connectivity index (χ4v) is 2.01. The molecule has 1 aromatic carbocycles. The van der Waals surface area contributed by atoms with Crippen molar-refractivity contribution in [3.05, 3.63) is 35.1 Å². The summed E-state index contributed by atoms with van der Waals surface area (Å²) in [6.45, 7) is -0.0955. The van der Waals surface area contributed by atoms with Gasteiger partial charge >= 0.3 is 0 Å². The molecule has 0 aromatic heterocycles. The Hall–Kier alpha value is -1.56. The van der Waals surface area contributed by atoms with Crippen molar-refractivity contribution in [1.82, 2.24) is 5.32 Å². The number of hydrogen-bond donors (Lipinski definition) is 2. The normalized spacial score (nSPS) is 16.2. The second-order valence-corrected chi connectivity index (χ2v) is 4.68. The summed E-state index contributed by atoms with van der Waals surface area (Å²) in [4.78, 5) is 11.8. The van der Waals surface area contributed by atoms with Gasteiger partial charge in [0.05, 0.1) is 5.56 Å². The maximum atomic E-state index is 13.4. The zero-order chi connectivity index (χ0) is 14.0. The summed E-state index contributed by atoms with van der Waals surface area (Å²) >= 11 is 0. The van der Waals surface area contributed by atoms with Crippen LogP contribution in [-0.2, 0) is 0 Å². The molecule has 0 spiro atoms. The lowest BCUT2D eigenvalue weighted by atomic mass is 10.1. The van der Waals surface area contributed by atoms with Crippen molar-refractivity contribution in [2.75, 3.05) is 6.61 Å². The average molecular weight is 273 g/mol. The van der Waals surface area contributed by atoms with Crippen molar-refractivity contribution in [3.63, 3.8) is 0 Å². The highest BCUT2D eigenvalue weighted by Gasteiger charge is 2.32. The Kier molecular flexibility index (Phi) is 4.09. The number of carbonyl (C=O) groups excluding carboxylic acids is 1. The molecule has 0 bridgehead atoms. The van der Waals surface area contributed by atoms with Crippen LogP contribution in [-0.4, -0.2) is 23.7 Å². The fourth-order valence-electron chi connectivity index (χ4n) is 2.01. The van der Waals surface area contributed by atoms with Crippen LogP contribution in [0.5, 0.6) is 0 Å². The van der Waals surface area contributed by atoms with E-state index in [0.717, 1.165) is 12.8 Å². The first-order valence-electron chi connectivity index (χ1n) is 6.09. The molecule has 1 amide bonds. The largest absolute Gasteiger partial charge is 0.396 e. The third-order valence-corrected chi connectivity index (χ3v) is 3.20. The van der Waals surface area contributed by atoms with Crippen molar-refractivity contribution in [1.29, 1.82) is 0 Å². The zero-order valence-corrected chi connectivity index (χ0v) is 10.1. The van der Waals surface area contributed by atoms with Gasteiger partial charge in [-0.2, -0.15) is 0 Å². The highest BCUT2D eigenvalue weighted by atomic mass is 19.2. The van der Waals surface area contributed by atoms with Gasteiger partial charge in [0.1, 0.15) is 5.82 Å². The quantitative estimate of drug-likeness (QED) is 0.806. The monoisotopic (exact) mass is 273 g/mol. The number of aliphatic hydroxyl groups excluding tert-OH is 1. The topological polar surface area (TPSA) is 49.3 Å². The molecular formula is C13H14F3NO2. The smallest absolute Gasteiger partial charge is 0.254 e. The number of nitrogens with one attached hydrogen (secondary N) is 1. The van der Waals surface area contributed by atoms with Crippen molar-refractivity contribution in [2.45, 2.75) is 25.3 Å². The van der Waals surface area contributed by atoms with E-state index in [1.165, 1.54) is 0 Å². The van der Waals surface area contributed by atoms with Crippen molar-refractivity contribution >= 4 is 5.91 Å². The Labute approximate surface area is 108 Å². The molecule has 1 unspecified atom stereocenters. The molecule has 6 heteroatoms. The molecule has 104 valence electrons. The fraction of sp³-hybridized carbons (Fsp3) is 0.462. The van der Waals surface area contributed by atoms with Gasteiger partial charge in [0, 0.05) is 18.7 Å². The van der Waals surface area contributed by atoms with Crippen LogP contribution in [0.3, 0.4) is 0 Å². The van der Waals surface area contributed by atoms with Gasteiger partial charge in [-0.3, -0.25) is 4.79 Å². The lowest BCUT2D eigenvalue weighted by Gasteiger charge is -2.17. The molecule has 1 aliphatic carbocycles. The van der Waals surface area contributed by atoms with Crippen LogP contribution in [0.2, 0.25) is 0 Å². The van der Waals surface area contributed by atoms with E-state index in [0.29, 0.717) is 18.6 Å². The number of halogens is 3. The van der Waals surface area contributed by atoms with Gasteiger partial charge in [-0.1, -0.05) is 0 Å². The van der Waals surface area contributed by atoms with Crippen LogP contribution in [0, 0.1) is 23.4 Å². The van der Waals surface area contributed by atoms with Crippen LogP contribution in [0.1, 0.15) is 29.6 Å². The molecule has 0 heterocycles. The van der Waals surface area contributed by atoms with Gasteiger partial charge in [-0.05, 0) is 31.2 Å². The minimum Gasteiger partial charge on any atom is -0.396 e. The molecule has 1 atom stereocenters. The molecule has 0 aliphatic heterocycles. The summed E-state index contributed by atoms with van der Waals surface area (Å²) in [6, 6.07) is 0.635. The Morgan fingerprint density at radius 3 is 2.47 bits per heavy atom. The van der Waals surface area contributed by atoms with Gasteiger partial charge in [0.2, 0.25) is 0 Å². The first kappa shape index (κ1) is 13.9. The van der Waals surface area contributed by atoms with Crippen molar-refractivity contribution in [3.8, 4) is 0 Å². The first-order valence-corrected chi connectivity index (χ1v) is 6.09. The summed E-state index contributed by atoms with van der Waals surface area (Å²) in [6.07, 6.45) is 2.23. The predicted octanol–water partition coefficient (Wildman–Crippen LogP) is 1.99. The molecule has 1 aromatic rings. The molecule has 0 saturated heterocycles. The second kappa shape index (κ2) is 5.61. The molecule has 19 heavy (non-hydrogen) atoms. The van der Waals surface area contributed by atoms with Crippen LogP contribution in [0.25, 0.3) is 0 Å². The summed E-state index contributed by atoms with van der Waals surface area (Å²) in [5.41, 5.74) is -0.525. The summed E-state index contributed by atoms with van der Waals surface area (Å²) in [5.74, 6) is -4.22. The van der Waals surface area contributed by atoms with Gasteiger partial charge in [0.25, 0.3) is 5.91 Å². The molecule has 1 aliphatic rings. The van der Waals surface area contributed by atoms with Gasteiger partial charge < -0.3 is 10.4 Å². The Balaban J connectivity index is 2.12. The maximum Gasteiger partial charge on any atom is 0.254 e. The number of rotatable bonds is 5. The molecule has 1 saturated carbocycles. The van der Waals surface area contributed by atoms with Crippen molar-refractivity contribution < 1.29 is 23.1 Å². The predicted molar refractivity (Wildman–Crippen MR) is 62.0 cm³/mol. The molecule has 2 rings (SSSR count). The standard InChI is InChI=1S/C13H14F3NO2/c14-9-6-11(16)10(15)5-8(9)13(19)17-12(3-4-18)7-1-2-7/h5-7,12,18H,1-4H2,(H,17,19). The van der Waals surface area contributed by atoms with Gasteiger partial charge in [0.15, 0.2) is 11.6 Å². The van der Waals surface area contributed by atoms with Crippen LogP contribution < -0.4 is 5.32 Å². The van der Waals surface area contributed by atoms with E-state index in [9.17, 15) is 18.0 Å². The van der Waals surface area contributed by atoms with E-state index >= 15 is 0 Å². The first-order chi connectivity index (χ1) is 9.02. The average Bonchev–Trinajstić information content (AvgIpc) is 3.17. The molecular weight excluding hydrogens is 259 g/mol. The summed E-state index contributed by atoms with van der Waals surface area (Å²) in [5, 5.41) is 11.5. The van der Waals surface area contributed by atoms with E-state index in [2.05, 4.69) is 5.32 Å². The van der Waals surface area contributed by atoms with Gasteiger partial charge in [-0.25, -0.2) is 13.2 Å². The highest BCUT2D eigenvalue weighted by Crippen LogP contribution is 2.34. The highest BCUT2D eigenvalue weighted by molar-refractivity contribution is 5.94. The Bertz CT molecular complexity index is 489. The van der Waals surface area contributed by atoms with Crippen LogP contribution >= 0.6 is 0 Å². The number of aliphatic hydroxyl groups is 1. The number of benzene rings is 1. The maximum absolute atomic E-state index is 13.4.